The van der Waals surface area contributed by atoms with Crippen molar-refractivity contribution in [2.24, 2.45) is 5.92 Å². The van der Waals surface area contributed by atoms with Crippen LogP contribution in [0.15, 0.2) is 67.3 Å². The second-order valence-corrected chi connectivity index (χ2v) is 8.16. The first-order chi connectivity index (χ1) is 15.5. The zero-order valence-corrected chi connectivity index (χ0v) is 17.9. The van der Waals surface area contributed by atoms with Crippen molar-refractivity contribution in [3.8, 4) is 28.0 Å². The fourth-order valence-corrected chi connectivity index (χ4v) is 3.95. The average Bonchev–Trinajstić information content (AvgIpc) is 2.81. The maximum Gasteiger partial charge on any atom is 0.201 e. The van der Waals surface area contributed by atoms with Crippen molar-refractivity contribution in [2.45, 2.75) is 25.9 Å². The SMILES string of the molecule is C=CCOc1ccc(-c2ccc(-c3ccc(C4CCC(C)CO4)c(F)c3)cc2)c(F)c1F. The summed E-state index contributed by atoms with van der Waals surface area (Å²) >= 11 is 0. The van der Waals surface area contributed by atoms with Crippen molar-refractivity contribution in [1.29, 1.82) is 0 Å². The van der Waals surface area contributed by atoms with E-state index in [2.05, 4.69) is 13.5 Å². The van der Waals surface area contributed by atoms with Gasteiger partial charge in [0.15, 0.2) is 11.6 Å². The summed E-state index contributed by atoms with van der Waals surface area (Å²) < 4.78 is 54.6. The molecule has 166 valence electrons. The Bertz CT molecular complexity index is 1100. The number of rotatable bonds is 6. The van der Waals surface area contributed by atoms with Gasteiger partial charge in [-0.15, -0.1) is 0 Å². The lowest BCUT2D eigenvalue weighted by Crippen LogP contribution is -2.19. The van der Waals surface area contributed by atoms with Crippen molar-refractivity contribution < 1.29 is 22.6 Å². The Labute approximate surface area is 186 Å². The van der Waals surface area contributed by atoms with Gasteiger partial charge in [-0.05, 0) is 53.6 Å². The van der Waals surface area contributed by atoms with E-state index in [9.17, 15) is 13.2 Å². The Kier molecular flexibility index (Phi) is 6.66. The molecule has 0 aromatic heterocycles. The first-order valence-corrected chi connectivity index (χ1v) is 10.7. The Morgan fingerprint density at radius 1 is 0.938 bits per heavy atom. The molecule has 0 amide bonds. The van der Waals surface area contributed by atoms with Crippen LogP contribution in [0.25, 0.3) is 22.3 Å². The van der Waals surface area contributed by atoms with Crippen LogP contribution in [-0.2, 0) is 4.74 Å². The zero-order valence-electron chi connectivity index (χ0n) is 17.9. The molecule has 1 saturated heterocycles. The molecule has 0 aliphatic carbocycles. The second kappa shape index (κ2) is 9.61. The summed E-state index contributed by atoms with van der Waals surface area (Å²) in [4.78, 5) is 0. The Balaban J connectivity index is 1.55. The molecule has 0 bridgehead atoms. The molecule has 3 aromatic rings. The summed E-state index contributed by atoms with van der Waals surface area (Å²) in [6.45, 7) is 6.36. The minimum atomic E-state index is -1.04. The molecule has 3 aromatic carbocycles. The lowest BCUT2D eigenvalue weighted by Gasteiger charge is -2.27. The highest BCUT2D eigenvalue weighted by molar-refractivity contribution is 5.71. The molecule has 2 atom stereocenters. The van der Waals surface area contributed by atoms with Crippen LogP contribution in [0.5, 0.6) is 5.75 Å². The highest BCUT2D eigenvalue weighted by Gasteiger charge is 2.23. The molecule has 4 rings (SSSR count). The number of ether oxygens (including phenoxy) is 2. The third-order valence-corrected chi connectivity index (χ3v) is 5.78. The molecule has 2 nitrogen and oxygen atoms in total. The summed E-state index contributed by atoms with van der Waals surface area (Å²) in [5.41, 5.74) is 2.71. The molecule has 2 unspecified atom stereocenters. The van der Waals surface area contributed by atoms with Crippen LogP contribution < -0.4 is 4.74 Å². The number of halogens is 3. The molecular weight excluding hydrogens is 413 g/mol. The predicted octanol–water partition coefficient (Wildman–Crippen LogP) is 7.49. The van der Waals surface area contributed by atoms with Gasteiger partial charge in [0.1, 0.15) is 12.4 Å². The van der Waals surface area contributed by atoms with Crippen molar-refractivity contribution in [3.05, 3.63) is 90.3 Å². The molecule has 1 aliphatic rings. The van der Waals surface area contributed by atoms with Crippen LogP contribution >= 0.6 is 0 Å². The number of benzene rings is 3. The van der Waals surface area contributed by atoms with Gasteiger partial charge in [-0.3, -0.25) is 0 Å². The van der Waals surface area contributed by atoms with E-state index in [0.29, 0.717) is 29.2 Å². The Morgan fingerprint density at radius 2 is 1.66 bits per heavy atom. The van der Waals surface area contributed by atoms with Crippen LogP contribution in [0.3, 0.4) is 0 Å². The van der Waals surface area contributed by atoms with Crippen LogP contribution in [0.1, 0.15) is 31.4 Å². The lowest BCUT2D eigenvalue weighted by molar-refractivity contribution is -0.0141. The highest BCUT2D eigenvalue weighted by atomic mass is 19.2. The first kappa shape index (κ1) is 22.2. The number of hydrogen-bond acceptors (Lipinski definition) is 2. The van der Waals surface area contributed by atoms with Crippen molar-refractivity contribution >= 4 is 0 Å². The van der Waals surface area contributed by atoms with Gasteiger partial charge in [0, 0.05) is 17.7 Å². The van der Waals surface area contributed by atoms with E-state index in [4.69, 9.17) is 9.47 Å². The normalized spacial score (nSPS) is 18.4. The summed E-state index contributed by atoms with van der Waals surface area (Å²) in [6.07, 6.45) is 3.08. The second-order valence-electron chi connectivity index (χ2n) is 8.16. The molecular formula is C27H25F3O2. The third kappa shape index (κ3) is 4.58. The summed E-state index contributed by atoms with van der Waals surface area (Å²) in [5.74, 6) is -1.97. The summed E-state index contributed by atoms with van der Waals surface area (Å²) in [7, 11) is 0. The standard InChI is InChI=1S/C27H25F3O2/c1-3-14-31-25-13-11-21(26(29)27(25)30)19-7-5-18(6-8-19)20-9-10-22(23(28)15-20)24-12-4-17(2)16-32-24/h3,5-11,13,15,17,24H,1,4,12,14,16H2,2H3. The largest absolute Gasteiger partial charge is 0.486 e. The predicted molar refractivity (Wildman–Crippen MR) is 120 cm³/mol. The van der Waals surface area contributed by atoms with Crippen LogP contribution in [-0.4, -0.2) is 13.2 Å². The van der Waals surface area contributed by atoms with Gasteiger partial charge in [-0.25, -0.2) is 8.78 Å². The van der Waals surface area contributed by atoms with Gasteiger partial charge in [-0.2, -0.15) is 4.39 Å². The van der Waals surface area contributed by atoms with E-state index in [-0.39, 0.29) is 29.8 Å². The fraction of sp³-hybridized carbons (Fsp3) is 0.259. The van der Waals surface area contributed by atoms with Crippen LogP contribution in [0, 0.1) is 23.4 Å². The van der Waals surface area contributed by atoms with Gasteiger partial charge in [0.05, 0.1) is 6.10 Å². The van der Waals surface area contributed by atoms with Gasteiger partial charge < -0.3 is 9.47 Å². The molecule has 0 radical (unpaired) electrons. The van der Waals surface area contributed by atoms with Crippen molar-refractivity contribution in [1.82, 2.24) is 0 Å². The minimum Gasteiger partial charge on any atom is -0.486 e. The van der Waals surface area contributed by atoms with E-state index in [1.54, 1.807) is 30.3 Å². The molecule has 0 N–H and O–H groups in total. The molecule has 0 spiro atoms. The van der Waals surface area contributed by atoms with Gasteiger partial charge >= 0.3 is 0 Å². The maximum absolute atomic E-state index is 14.8. The van der Waals surface area contributed by atoms with Crippen molar-refractivity contribution in [2.75, 3.05) is 13.2 Å². The lowest BCUT2D eigenvalue weighted by atomic mass is 9.94. The molecule has 1 heterocycles. The minimum absolute atomic E-state index is 0.0890. The van der Waals surface area contributed by atoms with Gasteiger partial charge in [0.25, 0.3) is 0 Å². The van der Waals surface area contributed by atoms with E-state index in [0.717, 1.165) is 18.4 Å². The van der Waals surface area contributed by atoms with E-state index >= 15 is 0 Å². The van der Waals surface area contributed by atoms with Crippen molar-refractivity contribution in [3.63, 3.8) is 0 Å². The first-order valence-electron chi connectivity index (χ1n) is 10.7. The summed E-state index contributed by atoms with van der Waals surface area (Å²) in [5, 5.41) is 0. The zero-order chi connectivity index (χ0) is 22.7. The van der Waals surface area contributed by atoms with Crippen LogP contribution in [0.4, 0.5) is 13.2 Å². The fourth-order valence-electron chi connectivity index (χ4n) is 3.95. The quantitative estimate of drug-likeness (QED) is 0.371. The van der Waals surface area contributed by atoms with E-state index < -0.39 is 11.6 Å². The highest BCUT2D eigenvalue weighted by Crippen LogP contribution is 2.35. The third-order valence-electron chi connectivity index (χ3n) is 5.78. The molecule has 5 heteroatoms. The van der Waals surface area contributed by atoms with E-state index in [1.165, 1.54) is 24.3 Å². The smallest absolute Gasteiger partial charge is 0.201 e. The Hall–Kier alpha value is -3.05. The molecule has 0 saturated carbocycles. The average molecular weight is 438 g/mol. The monoisotopic (exact) mass is 438 g/mol. The van der Waals surface area contributed by atoms with E-state index in [1.807, 2.05) is 6.07 Å². The van der Waals surface area contributed by atoms with Crippen LogP contribution in [0.2, 0.25) is 0 Å². The van der Waals surface area contributed by atoms with Gasteiger partial charge in [-0.1, -0.05) is 56.0 Å². The Morgan fingerprint density at radius 3 is 2.31 bits per heavy atom. The maximum atomic E-state index is 14.8. The molecule has 32 heavy (non-hydrogen) atoms. The topological polar surface area (TPSA) is 18.5 Å². The van der Waals surface area contributed by atoms with Gasteiger partial charge in [0.2, 0.25) is 5.82 Å². The number of hydrogen-bond donors (Lipinski definition) is 0. The molecule has 1 aliphatic heterocycles. The summed E-state index contributed by atoms with van der Waals surface area (Å²) in [6, 6.07) is 14.9. The molecule has 1 fully saturated rings.